The SMILES string of the molecule is CC[C@H](C)[C@H](NC(C)=O)C(=O)N[C@@H](CCCCN)C(=O)N[C@@H](CCSC)C(=O)N[C@@H](CCC(=O)O)C(N)=O. The van der Waals surface area contributed by atoms with Crippen LogP contribution in [0.1, 0.15) is 65.7 Å². The molecular weight excluding hydrogens is 516 g/mol. The quantitative estimate of drug-likeness (QED) is 0.0926. The maximum atomic E-state index is 13.3. The summed E-state index contributed by atoms with van der Waals surface area (Å²) in [7, 11) is 0. The van der Waals surface area contributed by atoms with Gasteiger partial charge in [-0.25, -0.2) is 0 Å². The van der Waals surface area contributed by atoms with Gasteiger partial charge in [-0.15, -0.1) is 0 Å². The molecule has 0 radical (unpaired) electrons. The predicted molar refractivity (Wildman–Crippen MR) is 145 cm³/mol. The summed E-state index contributed by atoms with van der Waals surface area (Å²) in [6, 6.07) is -4.13. The van der Waals surface area contributed by atoms with Crippen molar-refractivity contribution in [3.8, 4) is 0 Å². The van der Waals surface area contributed by atoms with Gasteiger partial charge in [0.05, 0.1) is 0 Å². The molecule has 0 aromatic carbocycles. The summed E-state index contributed by atoms with van der Waals surface area (Å²) in [5, 5.41) is 19.3. The fraction of sp³-hybridized carbons (Fsp3) is 0.750. The van der Waals surface area contributed by atoms with E-state index in [1.165, 1.54) is 18.7 Å². The van der Waals surface area contributed by atoms with Gasteiger partial charge in [0.25, 0.3) is 0 Å². The van der Waals surface area contributed by atoms with Crippen LogP contribution in [0.3, 0.4) is 0 Å². The van der Waals surface area contributed by atoms with Crippen LogP contribution >= 0.6 is 11.8 Å². The Morgan fingerprint density at radius 1 is 0.842 bits per heavy atom. The van der Waals surface area contributed by atoms with Gasteiger partial charge in [-0.05, 0) is 56.6 Å². The van der Waals surface area contributed by atoms with Crippen molar-refractivity contribution < 1.29 is 33.9 Å². The summed E-state index contributed by atoms with van der Waals surface area (Å²) in [5.74, 6) is -3.93. The molecule has 0 aliphatic carbocycles. The summed E-state index contributed by atoms with van der Waals surface area (Å²) in [6.45, 7) is 5.39. The second kappa shape index (κ2) is 19.2. The van der Waals surface area contributed by atoms with E-state index in [0.29, 0.717) is 31.6 Å². The summed E-state index contributed by atoms with van der Waals surface area (Å²) in [5.41, 5.74) is 10.9. The van der Waals surface area contributed by atoms with Crippen molar-refractivity contribution in [1.82, 2.24) is 21.3 Å². The molecule has 0 aromatic rings. The van der Waals surface area contributed by atoms with Crippen LogP contribution in [0.25, 0.3) is 0 Å². The van der Waals surface area contributed by atoms with Crippen LogP contribution < -0.4 is 32.7 Å². The van der Waals surface area contributed by atoms with Crippen molar-refractivity contribution in [2.45, 2.75) is 89.9 Å². The summed E-state index contributed by atoms with van der Waals surface area (Å²) < 4.78 is 0. The fourth-order valence-electron chi connectivity index (χ4n) is 3.55. The smallest absolute Gasteiger partial charge is 0.303 e. The van der Waals surface area contributed by atoms with E-state index in [4.69, 9.17) is 16.6 Å². The fourth-order valence-corrected chi connectivity index (χ4v) is 4.02. The van der Waals surface area contributed by atoms with E-state index in [0.717, 1.165) is 0 Å². The zero-order chi connectivity index (χ0) is 29.3. The zero-order valence-corrected chi connectivity index (χ0v) is 23.5. The Labute approximate surface area is 228 Å². The summed E-state index contributed by atoms with van der Waals surface area (Å²) in [6.07, 6.45) is 3.47. The van der Waals surface area contributed by atoms with Gasteiger partial charge in [-0.3, -0.25) is 28.8 Å². The lowest BCUT2D eigenvalue weighted by Gasteiger charge is -2.27. The number of primary amides is 1. The number of aliphatic carboxylic acids is 1. The minimum absolute atomic E-state index is 0.191. The van der Waals surface area contributed by atoms with Crippen LogP contribution in [-0.2, 0) is 28.8 Å². The highest BCUT2D eigenvalue weighted by Crippen LogP contribution is 2.11. The minimum atomic E-state index is -1.22. The molecule has 5 atom stereocenters. The number of rotatable bonds is 20. The molecule has 0 unspecified atom stereocenters. The molecule has 0 spiro atoms. The molecular formula is C24H44N6O7S. The van der Waals surface area contributed by atoms with Crippen LogP contribution in [0.4, 0.5) is 0 Å². The molecule has 14 heteroatoms. The topological polar surface area (TPSA) is 223 Å². The molecule has 0 rings (SSSR count). The molecule has 0 aromatic heterocycles. The van der Waals surface area contributed by atoms with Crippen molar-refractivity contribution in [2.24, 2.45) is 17.4 Å². The molecule has 218 valence electrons. The van der Waals surface area contributed by atoms with E-state index in [1.54, 1.807) is 0 Å². The minimum Gasteiger partial charge on any atom is -0.481 e. The molecule has 0 saturated carbocycles. The Morgan fingerprint density at radius 3 is 1.87 bits per heavy atom. The van der Waals surface area contributed by atoms with Crippen molar-refractivity contribution in [2.75, 3.05) is 18.6 Å². The first-order valence-electron chi connectivity index (χ1n) is 12.8. The number of hydrogen-bond acceptors (Lipinski definition) is 8. The van der Waals surface area contributed by atoms with E-state index in [9.17, 15) is 28.8 Å². The largest absolute Gasteiger partial charge is 0.481 e. The van der Waals surface area contributed by atoms with Gasteiger partial charge in [-0.1, -0.05) is 20.3 Å². The van der Waals surface area contributed by atoms with Gasteiger partial charge < -0.3 is 37.8 Å². The van der Waals surface area contributed by atoms with Gasteiger partial charge in [0, 0.05) is 13.3 Å². The third-order valence-electron chi connectivity index (χ3n) is 5.98. The third kappa shape index (κ3) is 14.2. The number of unbranched alkanes of at least 4 members (excludes halogenated alkanes) is 1. The Balaban J connectivity index is 5.73. The van der Waals surface area contributed by atoms with E-state index in [-0.39, 0.29) is 37.5 Å². The lowest BCUT2D eigenvalue weighted by molar-refractivity contribution is -0.138. The molecule has 0 bridgehead atoms. The molecule has 0 fully saturated rings. The van der Waals surface area contributed by atoms with Gasteiger partial charge in [-0.2, -0.15) is 11.8 Å². The number of carboxylic acids is 1. The van der Waals surface area contributed by atoms with Crippen LogP contribution in [0.2, 0.25) is 0 Å². The predicted octanol–water partition coefficient (Wildman–Crippen LogP) is -0.776. The summed E-state index contributed by atoms with van der Waals surface area (Å²) >= 11 is 1.44. The first-order valence-corrected chi connectivity index (χ1v) is 14.1. The molecule has 0 heterocycles. The van der Waals surface area contributed by atoms with Crippen molar-refractivity contribution in [3.05, 3.63) is 0 Å². The lowest BCUT2D eigenvalue weighted by Crippen LogP contribution is -2.58. The van der Waals surface area contributed by atoms with Crippen molar-refractivity contribution in [1.29, 1.82) is 0 Å². The van der Waals surface area contributed by atoms with Crippen LogP contribution in [0.5, 0.6) is 0 Å². The highest BCUT2D eigenvalue weighted by Gasteiger charge is 2.32. The van der Waals surface area contributed by atoms with E-state index >= 15 is 0 Å². The standard InChI is InChI=1S/C24H44N6O7S/c1-5-14(2)20(27-15(3)31)24(37)30-17(8-6-7-12-25)22(35)29-18(11-13-38-4)23(36)28-16(21(26)34)9-10-19(32)33/h14,16-18,20H,5-13,25H2,1-4H3,(H2,26,34)(H,27,31)(H,28,36)(H,29,35)(H,30,37)(H,32,33)/t14-,16-,17-,18-,20-/m0/s1. The average molecular weight is 561 g/mol. The van der Waals surface area contributed by atoms with E-state index < -0.39 is 53.8 Å². The number of carboxylic acid groups (broad SMARTS) is 1. The Bertz CT molecular complexity index is 813. The second-order valence-electron chi connectivity index (χ2n) is 9.15. The Kier molecular flexibility index (Phi) is 17.8. The number of nitrogens with two attached hydrogens (primary N) is 2. The molecule has 9 N–H and O–H groups in total. The number of hydrogen-bond donors (Lipinski definition) is 7. The van der Waals surface area contributed by atoms with Gasteiger partial charge in [0.1, 0.15) is 24.2 Å². The van der Waals surface area contributed by atoms with Crippen molar-refractivity contribution in [3.63, 3.8) is 0 Å². The maximum absolute atomic E-state index is 13.3. The van der Waals surface area contributed by atoms with Crippen molar-refractivity contribution >= 4 is 47.3 Å². The van der Waals surface area contributed by atoms with E-state index in [2.05, 4.69) is 21.3 Å². The molecule has 0 aliphatic rings. The number of thioether (sulfide) groups is 1. The molecule has 0 aliphatic heterocycles. The number of carbonyl (C=O) groups excluding carboxylic acids is 5. The lowest BCUT2D eigenvalue weighted by atomic mass is 9.97. The number of nitrogens with one attached hydrogen (secondary N) is 4. The first kappa shape index (κ1) is 35.1. The molecule has 5 amide bonds. The zero-order valence-electron chi connectivity index (χ0n) is 22.7. The van der Waals surface area contributed by atoms with Gasteiger partial charge in [0.15, 0.2) is 0 Å². The monoisotopic (exact) mass is 560 g/mol. The van der Waals surface area contributed by atoms with Crippen LogP contribution in [0, 0.1) is 5.92 Å². The first-order chi connectivity index (χ1) is 17.9. The Hall–Kier alpha value is -2.87. The maximum Gasteiger partial charge on any atom is 0.303 e. The summed E-state index contributed by atoms with van der Waals surface area (Å²) in [4.78, 5) is 73.6. The van der Waals surface area contributed by atoms with Gasteiger partial charge in [0.2, 0.25) is 29.5 Å². The van der Waals surface area contributed by atoms with E-state index in [1.807, 2.05) is 20.1 Å². The Morgan fingerprint density at radius 2 is 1.39 bits per heavy atom. The average Bonchev–Trinajstić information content (AvgIpc) is 2.85. The molecule has 38 heavy (non-hydrogen) atoms. The highest BCUT2D eigenvalue weighted by atomic mass is 32.2. The molecule has 13 nitrogen and oxygen atoms in total. The normalized spacial score (nSPS) is 14.8. The highest BCUT2D eigenvalue weighted by molar-refractivity contribution is 7.98. The van der Waals surface area contributed by atoms with Crippen LogP contribution in [-0.4, -0.2) is 83.3 Å². The third-order valence-corrected chi connectivity index (χ3v) is 6.63. The second-order valence-corrected chi connectivity index (χ2v) is 10.1. The number of carbonyl (C=O) groups is 6. The van der Waals surface area contributed by atoms with Gasteiger partial charge >= 0.3 is 5.97 Å². The number of amides is 5. The van der Waals surface area contributed by atoms with Crippen LogP contribution in [0.15, 0.2) is 0 Å². The molecule has 0 saturated heterocycles.